The topological polar surface area (TPSA) is 190 Å². The quantitative estimate of drug-likeness (QED) is 0.184. The van der Waals surface area contributed by atoms with E-state index in [2.05, 4.69) is 19.4 Å². The third-order valence-electron chi connectivity index (χ3n) is 3.03. The Morgan fingerprint density at radius 3 is 2.06 bits per heavy atom. The minimum absolute atomic E-state index is 0.00748. The molecule has 0 saturated heterocycles. The van der Waals surface area contributed by atoms with E-state index >= 15 is 0 Å². The van der Waals surface area contributed by atoms with Crippen molar-refractivity contribution in [3.63, 3.8) is 0 Å². The summed E-state index contributed by atoms with van der Waals surface area (Å²) >= 11 is 0. The maximum absolute atomic E-state index is 12.8. The second-order valence-corrected chi connectivity index (χ2v) is 8.45. The normalized spacial score (nSPS) is 11.4. The minimum atomic E-state index is -4.07. The minimum Gasteiger partial charge on any atom is -0.432 e. The molecule has 182 valence electrons. The van der Waals surface area contributed by atoms with E-state index in [1.165, 1.54) is 6.33 Å². The summed E-state index contributed by atoms with van der Waals surface area (Å²) < 4.78 is 47.8. The van der Waals surface area contributed by atoms with Gasteiger partial charge in [0.15, 0.2) is 0 Å². The van der Waals surface area contributed by atoms with Crippen molar-refractivity contribution in [2.24, 2.45) is 0 Å². The van der Waals surface area contributed by atoms with Crippen LogP contribution in [0.15, 0.2) is 11.1 Å². The highest BCUT2D eigenvalue weighted by atomic mass is 31.2. The lowest BCUT2D eigenvalue weighted by Gasteiger charge is -2.18. The molecule has 1 aromatic rings. The fourth-order valence-electron chi connectivity index (χ4n) is 1.74. The molecule has 0 atom stereocenters. The van der Waals surface area contributed by atoms with Gasteiger partial charge in [0.25, 0.3) is 0 Å². The van der Waals surface area contributed by atoms with E-state index in [4.69, 9.17) is 29.0 Å². The number of carbonyl (C=O) groups is 2. The van der Waals surface area contributed by atoms with Gasteiger partial charge in [-0.25, -0.2) is 19.4 Å². The van der Waals surface area contributed by atoms with Gasteiger partial charge in [0, 0.05) is 0 Å². The average molecular weight is 482 g/mol. The lowest BCUT2D eigenvalue weighted by Crippen LogP contribution is -2.26. The van der Waals surface area contributed by atoms with Crippen LogP contribution in [-0.4, -0.2) is 65.6 Å². The van der Waals surface area contributed by atoms with E-state index in [1.54, 1.807) is 27.7 Å². The standard InChI is InChI=1S/C16H27N4O11P/c1-11(2)30-15(22)26-8-28-32(24,29-9-27-16(23)31-12(3)4)10-25-6-5-20-7-18-13(17)19-14(20)21/h7,11-12H,5-6,8-10H2,1-4H3,(H2,17,19,21). The van der Waals surface area contributed by atoms with Crippen molar-refractivity contribution in [3.8, 4) is 0 Å². The fourth-order valence-corrected chi connectivity index (χ4v) is 2.74. The summed E-state index contributed by atoms with van der Waals surface area (Å²) in [5, 5.41) is 0. The molecule has 0 aliphatic heterocycles. The molecule has 0 spiro atoms. The molecular weight excluding hydrogens is 455 g/mol. The third kappa shape index (κ3) is 11.6. The van der Waals surface area contributed by atoms with Gasteiger partial charge in [-0.05, 0) is 27.7 Å². The van der Waals surface area contributed by atoms with Gasteiger partial charge in [-0.3, -0.25) is 18.2 Å². The van der Waals surface area contributed by atoms with Gasteiger partial charge in [-0.1, -0.05) is 0 Å². The monoisotopic (exact) mass is 482 g/mol. The number of nitrogens with zero attached hydrogens (tertiary/aromatic N) is 3. The van der Waals surface area contributed by atoms with Crippen LogP contribution in [0.3, 0.4) is 0 Å². The van der Waals surface area contributed by atoms with E-state index < -0.39 is 57.7 Å². The fraction of sp³-hybridized carbons (Fsp3) is 0.688. The highest BCUT2D eigenvalue weighted by molar-refractivity contribution is 7.53. The van der Waals surface area contributed by atoms with Crippen molar-refractivity contribution >= 4 is 25.9 Å². The molecule has 1 rings (SSSR count). The Hall–Kier alpha value is -2.74. The molecule has 15 nitrogen and oxygen atoms in total. The zero-order valence-electron chi connectivity index (χ0n) is 18.1. The second kappa shape index (κ2) is 13.6. The molecule has 0 saturated carbocycles. The Balaban J connectivity index is 2.58. The molecule has 0 fully saturated rings. The van der Waals surface area contributed by atoms with E-state index in [9.17, 15) is 18.9 Å². The van der Waals surface area contributed by atoms with Crippen LogP contribution in [0, 0.1) is 0 Å². The first kappa shape index (κ1) is 27.3. The number of hydrogen-bond donors (Lipinski definition) is 1. The van der Waals surface area contributed by atoms with Gasteiger partial charge in [0.2, 0.25) is 19.5 Å². The summed E-state index contributed by atoms with van der Waals surface area (Å²) in [5.41, 5.74) is 4.65. The lowest BCUT2D eigenvalue weighted by atomic mass is 10.5. The second-order valence-electron chi connectivity index (χ2n) is 6.45. The first-order valence-corrected chi connectivity index (χ1v) is 11.0. The number of ether oxygens (including phenoxy) is 5. The largest absolute Gasteiger partial charge is 0.510 e. The van der Waals surface area contributed by atoms with Gasteiger partial charge >= 0.3 is 25.6 Å². The Kier molecular flexibility index (Phi) is 11.6. The Labute approximate surface area is 183 Å². The van der Waals surface area contributed by atoms with Crippen LogP contribution in [0.25, 0.3) is 0 Å². The molecule has 1 heterocycles. The molecule has 1 aromatic heterocycles. The van der Waals surface area contributed by atoms with Gasteiger partial charge in [-0.2, -0.15) is 4.98 Å². The van der Waals surface area contributed by atoms with Crippen LogP contribution in [0.4, 0.5) is 15.5 Å². The van der Waals surface area contributed by atoms with E-state index in [0.717, 1.165) is 4.57 Å². The van der Waals surface area contributed by atoms with Crippen molar-refractivity contribution in [2.45, 2.75) is 46.4 Å². The van der Waals surface area contributed by atoms with Crippen LogP contribution in [0.5, 0.6) is 0 Å². The van der Waals surface area contributed by atoms with Crippen molar-refractivity contribution in [1.82, 2.24) is 14.5 Å². The van der Waals surface area contributed by atoms with Crippen molar-refractivity contribution in [3.05, 3.63) is 16.8 Å². The Morgan fingerprint density at radius 2 is 1.59 bits per heavy atom. The van der Waals surface area contributed by atoms with Gasteiger partial charge in [0.1, 0.15) is 12.7 Å². The molecule has 0 aliphatic rings. The molecule has 0 radical (unpaired) electrons. The first-order valence-electron chi connectivity index (χ1n) is 9.32. The van der Waals surface area contributed by atoms with E-state index in [1.807, 2.05) is 0 Å². The molecule has 2 N–H and O–H groups in total. The molecule has 0 bridgehead atoms. The van der Waals surface area contributed by atoms with Crippen molar-refractivity contribution < 1.29 is 46.9 Å². The van der Waals surface area contributed by atoms with Crippen LogP contribution in [-0.2, 0) is 43.8 Å². The number of rotatable bonds is 13. The highest BCUT2D eigenvalue weighted by Crippen LogP contribution is 2.48. The van der Waals surface area contributed by atoms with E-state index in [-0.39, 0.29) is 19.1 Å². The predicted octanol–water partition coefficient (Wildman–Crippen LogP) is 1.46. The zero-order valence-corrected chi connectivity index (χ0v) is 19.0. The van der Waals surface area contributed by atoms with Crippen LogP contribution in [0.1, 0.15) is 27.7 Å². The summed E-state index contributed by atoms with van der Waals surface area (Å²) in [7, 11) is -4.07. The predicted molar refractivity (Wildman–Crippen MR) is 106 cm³/mol. The highest BCUT2D eigenvalue weighted by Gasteiger charge is 2.27. The number of nitrogens with two attached hydrogens (primary N) is 1. The molecule has 32 heavy (non-hydrogen) atoms. The summed E-state index contributed by atoms with van der Waals surface area (Å²) in [6.45, 7) is 4.75. The summed E-state index contributed by atoms with van der Waals surface area (Å²) in [6, 6.07) is 0. The maximum atomic E-state index is 12.8. The summed E-state index contributed by atoms with van der Waals surface area (Å²) in [6.07, 6.45) is -2.42. The summed E-state index contributed by atoms with van der Waals surface area (Å²) in [5.74, 6) is -0.176. The number of nitrogen functional groups attached to an aromatic ring is 1. The summed E-state index contributed by atoms with van der Waals surface area (Å²) in [4.78, 5) is 41.6. The third-order valence-corrected chi connectivity index (χ3v) is 4.52. The van der Waals surface area contributed by atoms with Crippen LogP contribution in [0.2, 0.25) is 0 Å². The number of carbonyl (C=O) groups excluding carboxylic acids is 2. The number of hydrogen-bond acceptors (Lipinski definition) is 14. The zero-order chi connectivity index (χ0) is 24.1. The van der Waals surface area contributed by atoms with Crippen molar-refractivity contribution in [2.75, 3.05) is 32.3 Å². The lowest BCUT2D eigenvalue weighted by molar-refractivity contribution is -0.0344. The van der Waals surface area contributed by atoms with Gasteiger partial charge in [-0.15, -0.1) is 0 Å². The first-order chi connectivity index (χ1) is 15.0. The molecule has 0 unspecified atom stereocenters. The van der Waals surface area contributed by atoms with Crippen LogP contribution < -0.4 is 11.4 Å². The molecule has 16 heteroatoms. The number of aromatic nitrogens is 3. The average Bonchev–Trinajstić information content (AvgIpc) is 2.65. The molecule has 0 amide bonds. The molecule has 0 aromatic carbocycles. The van der Waals surface area contributed by atoms with E-state index in [0.29, 0.717) is 0 Å². The number of anilines is 1. The Morgan fingerprint density at radius 1 is 1.06 bits per heavy atom. The Bertz CT molecular complexity index is 814. The van der Waals surface area contributed by atoms with Crippen LogP contribution >= 0.6 is 7.60 Å². The molecule has 0 aliphatic carbocycles. The maximum Gasteiger partial charge on any atom is 0.510 e. The van der Waals surface area contributed by atoms with Gasteiger partial charge < -0.3 is 29.4 Å². The van der Waals surface area contributed by atoms with Gasteiger partial charge in [0.05, 0.1) is 25.4 Å². The smallest absolute Gasteiger partial charge is 0.432 e. The SMILES string of the molecule is CC(C)OC(=O)OCOP(=O)(COCCn1cnc(N)nc1=O)OCOC(=O)OC(C)C. The van der Waals surface area contributed by atoms with Crippen molar-refractivity contribution in [1.29, 1.82) is 0 Å². The molecular formula is C16H27N4O11P.